The van der Waals surface area contributed by atoms with Crippen LogP contribution in [-0.2, 0) is 11.3 Å². The van der Waals surface area contributed by atoms with Crippen molar-refractivity contribution < 1.29 is 9.53 Å². The summed E-state index contributed by atoms with van der Waals surface area (Å²) >= 11 is 0. The number of aromatic amines is 1. The average Bonchev–Trinajstić information content (AvgIpc) is 2.89. The summed E-state index contributed by atoms with van der Waals surface area (Å²) in [6.07, 6.45) is 3.80. The molecule has 1 aromatic carbocycles. The Labute approximate surface area is 112 Å². The van der Waals surface area contributed by atoms with Crippen LogP contribution in [0.1, 0.15) is 12.5 Å². The minimum absolute atomic E-state index is 0.0956. The van der Waals surface area contributed by atoms with E-state index in [0.29, 0.717) is 6.54 Å². The predicted octanol–water partition coefficient (Wildman–Crippen LogP) is 2.59. The number of anilines is 2. The molecule has 5 nitrogen and oxygen atoms in total. The summed E-state index contributed by atoms with van der Waals surface area (Å²) in [7, 11) is 1.62. The van der Waals surface area contributed by atoms with Gasteiger partial charge in [0.1, 0.15) is 5.75 Å². The Bertz CT molecular complexity index is 550. The molecule has 0 saturated carbocycles. The van der Waals surface area contributed by atoms with Gasteiger partial charge >= 0.3 is 0 Å². The minimum atomic E-state index is -0.0956. The Kier molecular flexibility index (Phi) is 4.07. The second-order valence-corrected chi connectivity index (χ2v) is 4.17. The van der Waals surface area contributed by atoms with Gasteiger partial charge in [-0.25, -0.2) is 0 Å². The Morgan fingerprint density at radius 3 is 2.84 bits per heavy atom. The number of hydrogen-bond donors (Lipinski definition) is 3. The molecule has 1 aromatic heterocycles. The summed E-state index contributed by atoms with van der Waals surface area (Å²) in [6.45, 7) is 2.17. The second kappa shape index (κ2) is 5.95. The smallest absolute Gasteiger partial charge is 0.221 e. The highest BCUT2D eigenvalue weighted by Crippen LogP contribution is 2.28. The number of rotatable bonds is 5. The number of amides is 1. The van der Waals surface area contributed by atoms with Crippen LogP contribution in [0.3, 0.4) is 0 Å². The van der Waals surface area contributed by atoms with E-state index in [1.165, 1.54) is 6.92 Å². The van der Waals surface area contributed by atoms with Crippen molar-refractivity contribution >= 4 is 17.3 Å². The van der Waals surface area contributed by atoms with Gasteiger partial charge in [-0.05, 0) is 29.8 Å². The molecule has 100 valence electrons. The topological polar surface area (TPSA) is 66.2 Å². The highest BCUT2D eigenvalue weighted by Gasteiger charge is 2.05. The maximum Gasteiger partial charge on any atom is 0.221 e. The highest BCUT2D eigenvalue weighted by atomic mass is 16.5. The van der Waals surface area contributed by atoms with Crippen molar-refractivity contribution in [2.75, 3.05) is 17.7 Å². The van der Waals surface area contributed by atoms with E-state index in [-0.39, 0.29) is 5.91 Å². The van der Waals surface area contributed by atoms with Crippen LogP contribution in [0.5, 0.6) is 5.75 Å². The van der Waals surface area contributed by atoms with E-state index in [1.807, 2.05) is 36.7 Å². The third-order valence-corrected chi connectivity index (χ3v) is 2.67. The summed E-state index contributed by atoms with van der Waals surface area (Å²) < 4.78 is 5.29. The van der Waals surface area contributed by atoms with Crippen molar-refractivity contribution in [2.45, 2.75) is 13.5 Å². The maximum atomic E-state index is 11.1. The quantitative estimate of drug-likeness (QED) is 0.773. The fourth-order valence-corrected chi connectivity index (χ4v) is 1.79. The zero-order valence-corrected chi connectivity index (χ0v) is 11.0. The lowest BCUT2D eigenvalue weighted by atomic mass is 10.2. The van der Waals surface area contributed by atoms with E-state index in [0.717, 1.165) is 22.7 Å². The maximum absolute atomic E-state index is 11.1. The van der Waals surface area contributed by atoms with Gasteiger partial charge in [-0.2, -0.15) is 0 Å². The standard InChI is InChI=1S/C14H17N3O2/c1-10(18)17-12-3-4-14(19-2)13(7-12)16-9-11-5-6-15-8-11/h3-8,15-16H,9H2,1-2H3,(H,17,18). The number of hydrogen-bond acceptors (Lipinski definition) is 3. The van der Waals surface area contributed by atoms with Gasteiger partial charge in [0.15, 0.2) is 0 Å². The normalized spacial score (nSPS) is 10.0. The SMILES string of the molecule is COc1ccc(NC(C)=O)cc1NCc1cc[nH]c1. The Morgan fingerprint density at radius 1 is 1.37 bits per heavy atom. The summed E-state index contributed by atoms with van der Waals surface area (Å²) in [4.78, 5) is 14.1. The fraction of sp³-hybridized carbons (Fsp3) is 0.214. The van der Waals surface area contributed by atoms with Crippen molar-refractivity contribution in [1.82, 2.24) is 4.98 Å². The molecule has 0 saturated heterocycles. The van der Waals surface area contributed by atoms with Crippen LogP contribution < -0.4 is 15.4 Å². The molecule has 3 N–H and O–H groups in total. The average molecular weight is 259 g/mol. The summed E-state index contributed by atoms with van der Waals surface area (Å²) in [5, 5.41) is 6.03. The van der Waals surface area contributed by atoms with Gasteiger partial charge in [-0.1, -0.05) is 0 Å². The van der Waals surface area contributed by atoms with E-state index in [9.17, 15) is 4.79 Å². The number of nitrogens with one attached hydrogen (secondary N) is 3. The van der Waals surface area contributed by atoms with E-state index < -0.39 is 0 Å². The first kappa shape index (κ1) is 13.0. The molecular formula is C14H17N3O2. The molecular weight excluding hydrogens is 242 g/mol. The summed E-state index contributed by atoms with van der Waals surface area (Å²) in [5.41, 5.74) is 2.73. The summed E-state index contributed by atoms with van der Waals surface area (Å²) in [6, 6.07) is 7.48. The Balaban J connectivity index is 2.13. The molecule has 0 unspecified atom stereocenters. The molecule has 1 amide bonds. The highest BCUT2D eigenvalue weighted by molar-refractivity contribution is 5.89. The van der Waals surface area contributed by atoms with Gasteiger partial charge in [0.25, 0.3) is 0 Å². The lowest BCUT2D eigenvalue weighted by Gasteiger charge is -2.12. The van der Waals surface area contributed by atoms with Crippen LogP contribution >= 0.6 is 0 Å². The lowest BCUT2D eigenvalue weighted by molar-refractivity contribution is -0.114. The summed E-state index contributed by atoms with van der Waals surface area (Å²) in [5.74, 6) is 0.645. The zero-order valence-electron chi connectivity index (χ0n) is 11.0. The first-order valence-corrected chi connectivity index (χ1v) is 6.00. The molecule has 2 aromatic rings. The van der Waals surface area contributed by atoms with E-state index in [2.05, 4.69) is 15.6 Å². The minimum Gasteiger partial charge on any atom is -0.495 e. The zero-order chi connectivity index (χ0) is 13.7. The first-order chi connectivity index (χ1) is 9.19. The molecule has 0 aliphatic rings. The molecule has 0 spiro atoms. The van der Waals surface area contributed by atoms with Crippen LogP contribution in [0.15, 0.2) is 36.7 Å². The van der Waals surface area contributed by atoms with Crippen molar-refractivity contribution in [3.63, 3.8) is 0 Å². The number of aromatic nitrogens is 1. The van der Waals surface area contributed by atoms with Crippen LogP contribution in [0, 0.1) is 0 Å². The van der Waals surface area contributed by atoms with E-state index >= 15 is 0 Å². The van der Waals surface area contributed by atoms with Gasteiger partial charge < -0.3 is 20.4 Å². The van der Waals surface area contributed by atoms with Crippen molar-refractivity contribution in [3.8, 4) is 5.75 Å². The number of H-pyrrole nitrogens is 1. The van der Waals surface area contributed by atoms with Crippen LogP contribution in [-0.4, -0.2) is 18.0 Å². The van der Waals surface area contributed by atoms with E-state index in [1.54, 1.807) is 7.11 Å². The molecule has 0 radical (unpaired) electrons. The number of ether oxygens (including phenoxy) is 1. The monoisotopic (exact) mass is 259 g/mol. The molecule has 1 heterocycles. The van der Waals surface area contributed by atoms with Gasteiger partial charge in [0, 0.05) is 31.5 Å². The number of benzene rings is 1. The number of methoxy groups -OCH3 is 1. The first-order valence-electron chi connectivity index (χ1n) is 6.00. The van der Waals surface area contributed by atoms with Gasteiger partial charge in [-0.15, -0.1) is 0 Å². The van der Waals surface area contributed by atoms with Crippen molar-refractivity contribution in [1.29, 1.82) is 0 Å². The molecule has 0 fully saturated rings. The lowest BCUT2D eigenvalue weighted by Crippen LogP contribution is -2.07. The van der Waals surface area contributed by atoms with Crippen molar-refractivity contribution in [2.24, 2.45) is 0 Å². The number of carbonyl (C=O) groups is 1. The van der Waals surface area contributed by atoms with Crippen LogP contribution in [0.4, 0.5) is 11.4 Å². The molecule has 0 atom stereocenters. The molecule has 2 rings (SSSR count). The third-order valence-electron chi connectivity index (χ3n) is 2.67. The third kappa shape index (κ3) is 3.51. The Hall–Kier alpha value is -2.43. The molecule has 19 heavy (non-hydrogen) atoms. The van der Waals surface area contributed by atoms with Crippen molar-refractivity contribution in [3.05, 3.63) is 42.2 Å². The molecule has 0 bridgehead atoms. The predicted molar refractivity (Wildman–Crippen MR) is 75.4 cm³/mol. The van der Waals surface area contributed by atoms with Gasteiger partial charge in [-0.3, -0.25) is 4.79 Å². The fourth-order valence-electron chi connectivity index (χ4n) is 1.79. The molecule has 5 heteroatoms. The van der Waals surface area contributed by atoms with Crippen LogP contribution in [0.2, 0.25) is 0 Å². The molecule has 0 aliphatic carbocycles. The van der Waals surface area contributed by atoms with Gasteiger partial charge in [0.2, 0.25) is 5.91 Å². The number of carbonyl (C=O) groups excluding carboxylic acids is 1. The second-order valence-electron chi connectivity index (χ2n) is 4.17. The van der Waals surface area contributed by atoms with Crippen LogP contribution in [0.25, 0.3) is 0 Å². The van der Waals surface area contributed by atoms with Gasteiger partial charge in [0.05, 0.1) is 12.8 Å². The molecule has 0 aliphatic heterocycles. The largest absolute Gasteiger partial charge is 0.495 e. The van der Waals surface area contributed by atoms with E-state index in [4.69, 9.17) is 4.74 Å². The Morgan fingerprint density at radius 2 is 2.21 bits per heavy atom.